The number of halogens is 1. The van der Waals surface area contributed by atoms with Gasteiger partial charge in [0.2, 0.25) is 5.91 Å². The third-order valence-electron chi connectivity index (χ3n) is 7.61. The smallest absolute Gasteiger partial charge is 0.333 e. The summed E-state index contributed by atoms with van der Waals surface area (Å²) < 4.78 is 17.1. The van der Waals surface area contributed by atoms with Crippen LogP contribution >= 0.6 is 23.5 Å². The summed E-state index contributed by atoms with van der Waals surface area (Å²) in [6.45, 7) is 0. The molecule has 0 atom stereocenters. The van der Waals surface area contributed by atoms with Gasteiger partial charge in [0.15, 0.2) is 5.16 Å². The van der Waals surface area contributed by atoms with Crippen LogP contribution in [0.25, 0.3) is 22.1 Å². The molecular weight excluding hydrogens is 539 g/mol. The van der Waals surface area contributed by atoms with Crippen LogP contribution in [0, 0.1) is 5.82 Å². The number of para-hydroxylation sites is 2. The van der Waals surface area contributed by atoms with Gasteiger partial charge >= 0.3 is 5.69 Å². The van der Waals surface area contributed by atoms with Crippen LogP contribution in [0.3, 0.4) is 0 Å². The number of hydrogen-bond acceptors (Lipinski definition) is 7. The third kappa shape index (κ3) is 5.36. The van der Waals surface area contributed by atoms with E-state index in [-0.39, 0.29) is 46.5 Å². The molecule has 6 rings (SSSR count). The summed E-state index contributed by atoms with van der Waals surface area (Å²) in [6, 6.07) is 8.52. The molecule has 1 aromatic carbocycles. The Morgan fingerprint density at radius 2 is 1.82 bits per heavy atom. The SMILES string of the molecule is O=C(CSc1nc2ccccc2[nH]1)N[C@H]1CC[C@@H](n2c(=O)c3cc(F)cnc3n(C3CCSCC3)c2=O)CC1. The van der Waals surface area contributed by atoms with Crippen molar-refractivity contribution in [2.45, 2.75) is 61.8 Å². The number of imidazole rings is 1. The van der Waals surface area contributed by atoms with Crippen molar-refractivity contribution in [1.82, 2.24) is 29.4 Å². The number of carbonyl (C=O) groups excluding carboxylic acids is 1. The van der Waals surface area contributed by atoms with E-state index in [1.165, 1.54) is 22.4 Å². The number of hydrogen-bond donors (Lipinski definition) is 2. The van der Waals surface area contributed by atoms with Crippen LogP contribution < -0.4 is 16.6 Å². The zero-order valence-electron chi connectivity index (χ0n) is 21.3. The van der Waals surface area contributed by atoms with Crippen LogP contribution in [0.2, 0.25) is 0 Å². The van der Waals surface area contributed by atoms with Gasteiger partial charge < -0.3 is 10.3 Å². The Morgan fingerprint density at radius 3 is 2.59 bits per heavy atom. The molecule has 0 unspecified atom stereocenters. The topological polar surface area (TPSA) is 115 Å². The average molecular weight is 569 g/mol. The number of amides is 1. The Bertz CT molecular complexity index is 1600. The summed E-state index contributed by atoms with van der Waals surface area (Å²) in [5.74, 6) is 1.43. The van der Waals surface area contributed by atoms with Crippen molar-refractivity contribution in [3.05, 3.63) is 63.2 Å². The van der Waals surface area contributed by atoms with Crippen LogP contribution in [-0.4, -0.2) is 53.3 Å². The Balaban J connectivity index is 1.15. The number of nitrogens with zero attached hydrogens (tertiary/aromatic N) is 4. The molecule has 204 valence electrons. The summed E-state index contributed by atoms with van der Waals surface area (Å²) in [7, 11) is 0. The number of pyridine rings is 1. The Morgan fingerprint density at radius 1 is 1.08 bits per heavy atom. The van der Waals surface area contributed by atoms with Crippen molar-refractivity contribution in [3.8, 4) is 0 Å². The van der Waals surface area contributed by atoms with Gasteiger partial charge in [-0.05, 0) is 68.2 Å². The van der Waals surface area contributed by atoms with Crippen molar-refractivity contribution < 1.29 is 9.18 Å². The fourth-order valence-electron chi connectivity index (χ4n) is 5.68. The maximum absolute atomic E-state index is 14.1. The molecule has 9 nitrogen and oxygen atoms in total. The molecule has 0 radical (unpaired) electrons. The Hall–Kier alpha value is -3.12. The van der Waals surface area contributed by atoms with E-state index < -0.39 is 11.4 Å². The number of thioether (sulfide) groups is 2. The first-order valence-electron chi connectivity index (χ1n) is 13.2. The van der Waals surface area contributed by atoms with E-state index in [2.05, 4.69) is 20.3 Å². The summed E-state index contributed by atoms with van der Waals surface area (Å²) >= 11 is 3.20. The van der Waals surface area contributed by atoms with Gasteiger partial charge in [-0.3, -0.25) is 18.7 Å². The summed E-state index contributed by atoms with van der Waals surface area (Å²) in [6.07, 6.45) is 5.13. The highest BCUT2D eigenvalue weighted by atomic mass is 32.2. The minimum absolute atomic E-state index is 0.0297. The number of rotatable bonds is 6. The van der Waals surface area contributed by atoms with Gasteiger partial charge in [-0.2, -0.15) is 11.8 Å². The van der Waals surface area contributed by atoms with Crippen LogP contribution in [0.5, 0.6) is 0 Å². The quantitative estimate of drug-likeness (QED) is 0.338. The first kappa shape index (κ1) is 26.1. The van der Waals surface area contributed by atoms with Crippen molar-refractivity contribution in [2.75, 3.05) is 17.3 Å². The predicted octanol–water partition coefficient (Wildman–Crippen LogP) is 4.03. The van der Waals surface area contributed by atoms with Crippen molar-refractivity contribution >= 4 is 51.5 Å². The van der Waals surface area contributed by atoms with Crippen molar-refractivity contribution in [3.63, 3.8) is 0 Å². The second kappa shape index (κ2) is 11.2. The van der Waals surface area contributed by atoms with E-state index in [0.717, 1.165) is 41.6 Å². The molecular formula is C27H29FN6O3S2. The lowest BCUT2D eigenvalue weighted by atomic mass is 9.91. The van der Waals surface area contributed by atoms with Gasteiger partial charge in [-0.25, -0.2) is 19.2 Å². The first-order valence-corrected chi connectivity index (χ1v) is 15.4. The van der Waals surface area contributed by atoms with E-state index in [1.54, 1.807) is 4.57 Å². The van der Waals surface area contributed by atoms with E-state index in [9.17, 15) is 18.8 Å². The van der Waals surface area contributed by atoms with E-state index in [4.69, 9.17) is 0 Å². The molecule has 4 heterocycles. The predicted molar refractivity (Wildman–Crippen MR) is 152 cm³/mol. The molecule has 3 aromatic heterocycles. The zero-order valence-corrected chi connectivity index (χ0v) is 22.9. The van der Waals surface area contributed by atoms with Gasteiger partial charge in [-0.1, -0.05) is 23.9 Å². The molecule has 12 heteroatoms. The number of benzene rings is 1. The number of fused-ring (bicyclic) bond motifs is 2. The zero-order chi connectivity index (χ0) is 26.9. The second-order valence-corrected chi connectivity index (χ2v) is 12.3. The van der Waals surface area contributed by atoms with E-state index >= 15 is 0 Å². The molecule has 1 saturated carbocycles. The second-order valence-electron chi connectivity index (χ2n) is 10.1. The number of nitrogens with one attached hydrogen (secondary N) is 2. The average Bonchev–Trinajstić information content (AvgIpc) is 3.37. The lowest BCUT2D eigenvalue weighted by molar-refractivity contribution is -0.119. The number of carbonyl (C=O) groups is 1. The highest BCUT2D eigenvalue weighted by Crippen LogP contribution is 2.30. The molecule has 39 heavy (non-hydrogen) atoms. The molecule has 2 N–H and O–H groups in total. The molecule has 1 amide bonds. The maximum atomic E-state index is 14.1. The molecule has 4 aromatic rings. The normalized spacial score (nSPS) is 20.4. The molecule has 1 aliphatic carbocycles. The van der Waals surface area contributed by atoms with Crippen LogP contribution in [0.15, 0.2) is 51.3 Å². The molecule has 0 spiro atoms. The minimum atomic E-state index is -0.595. The lowest BCUT2D eigenvalue weighted by Gasteiger charge is -2.31. The lowest BCUT2D eigenvalue weighted by Crippen LogP contribution is -2.46. The largest absolute Gasteiger partial charge is 0.353 e. The maximum Gasteiger partial charge on any atom is 0.333 e. The molecule has 2 aliphatic rings. The van der Waals surface area contributed by atoms with Crippen LogP contribution in [0.4, 0.5) is 4.39 Å². The number of H-pyrrole nitrogens is 1. The number of aromatic amines is 1. The standard InChI is InChI=1S/C27H29FN6O3S2/c28-16-13-20-24(29-14-16)33(19-9-11-38-12-10-19)27(37)34(25(20)36)18-7-5-17(6-8-18)30-23(35)15-39-26-31-21-3-1-2-4-22(21)32-26/h1-4,13-14,17-19H,5-12,15H2,(H,30,35)(H,31,32)/t17-,18+. The van der Waals surface area contributed by atoms with Crippen LogP contribution in [0.1, 0.15) is 50.6 Å². The summed E-state index contributed by atoms with van der Waals surface area (Å²) in [5, 5.41) is 3.93. The Labute approximate surface area is 232 Å². The third-order valence-corrected chi connectivity index (χ3v) is 9.54. The molecule has 1 saturated heterocycles. The van der Waals surface area contributed by atoms with Crippen molar-refractivity contribution in [1.29, 1.82) is 0 Å². The molecule has 2 fully saturated rings. The fraction of sp³-hybridized carbons (Fsp3) is 0.444. The highest BCUT2D eigenvalue weighted by Gasteiger charge is 2.29. The Kier molecular flexibility index (Phi) is 7.48. The van der Waals surface area contributed by atoms with Gasteiger partial charge in [0.1, 0.15) is 11.5 Å². The molecule has 1 aliphatic heterocycles. The van der Waals surface area contributed by atoms with E-state index in [0.29, 0.717) is 30.8 Å². The summed E-state index contributed by atoms with van der Waals surface area (Å²) in [4.78, 5) is 51.7. The summed E-state index contributed by atoms with van der Waals surface area (Å²) in [5.41, 5.74) is 1.21. The highest BCUT2D eigenvalue weighted by molar-refractivity contribution is 7.99. The van der Waals surface area contributed by atoms with Gasteiger partial charge in [0, 0.05) is 18.1 Å². The van der Waals surface area contributed by atoms with Crippen LogP contribution in [-0.2, 0) is 4.79 Å². The minimum Gasteiger partial charge on any atom is -0.353 e. The fourth-order valence-corrected chi connectivity index (χ4v) is 7.46. The van der Waals surface area contributed by atoms with Gasteiger partial charge in [0.25, 0.3) is 5.56 Å². The van der Waals surface area contributed by atoms with Gasteiger partial charge in [0.05, 0.1) is 28.4 Å². The van der Waals surface area contributed by atoms with Gasteiger partial charge in [-0.15, -0.1) is 0 Å². The molecule has 0 bridgehead atoms. The number of aromatic nitrogens is 5. The monoisotopic (exact) mass is 568 g/mol. The first-order chi connectivity index (χ1) is 19.0. The van der Waals surface area contributed by atoms with E-state index in [1.807, 2.05) is 36.0 Å². The van der Waals surface area contributed by atoms with Crippen molar-refractivity contribution in [2.24, 2.45) is 0 Å².